The van der Waals surface area contributed by atoms with Crippen molar-refractivity contribution in [3.63, 3.8) is 0 Å². The van der Waals surface area contributed by atoms with Crippen LogP contribution in [-0.2, 0) is 11.3 Å². The summed E-state index contributed by atoms with van der Waals surface area (Å²) in [6, 6.07) is 12.8. The normalized spacial score (nSPS) is 18.8. The second kappa shape index (κ2) is 8.78. The Morgan fingerprint density at radius 1 is 1.03 bits per heavy atom. The molecule has 1 fully saturated rings. The molecule has 0 spiro atoms. The third kappa shape index (κ3) is 3.74. The van der Waals surface area contributed by atoms with E-state index in [1.54, 1.807) is 18.1 Å². The van der Waals surface area contributed by atoms with Gasteiger partial charge in [-0.2, -0.15) is 0 Å². The molecular weight excluding hydrogens is 380 g/mol. The fourth-order valence-electron chi connectivity index (χ4n) is 4.57. The Kier molecular flexibility index (Phi) is 5.93. The van der Waals surface area contributed by atoms with Crippen molar-refractivity contribution < 1.29 is 19.1 Å². The third-order valence-corrected chi connectivity index (χ3v) is 6.05. The lowest BCUT2D eigenvalue weighted by molar-refractivity contribution is -0.126. The van der Waals surface area contributed by atoms with Gasteiger partial charge in [-0.15, -0.1) is 0 Å². The van der Waals surface area contributed by atoms with Gasteiger partial charge in [-0.05, 0) is 24.5 Å². The van der Waals surface area contributed by atoms with Crippen molar-refractivity contribution in [2.75, 3.05) is 14.2 Å². The van der Waals surface area contributed by atoms with Crippen LogP contribution in [0.1, 0.15) is 59.6 Å². The summed E-state index contributed by atoms with van der Waals surface area (Å²) in [5, 5.41) is 3.20. The predicted octanol–water partition coefficient (Wildman–Crippen LogP) is 3.85. The maximum atomic E-state index is 13.5. The minimum atomic E-state index is -0.686. The van der Waals surface area contributed by atoms with E-state index in [0.29, 0.717) is 29.2 Å². The number of benzene rings is 2. The van der Waals surface area contributed by atoms with E-state index in [1.165, 1.54) is 13.5 Å². The van der Waals surface area contributed by atoms with Crippen molar-refractivity contribution in [1.29, 1.82) is 0 Å². The molecular formula is C24H28N2O4. The number of hydrogen-bond acceptors (Lipinski definition) is 4. The summed E-state index contributed by atoms with van der Waals surface area (Å²) in [4.78, 5) is 28.5. The van der Waals surface area contributed by atoms with Crippen LogP contribution in [0.3, 0.4) is 0 Å². The fourth-order valence-corrected chi connectivity index (χ4v) is 4.57. The number of hydrogen-bond donors (Lipinski definition) is 1. The van der Waals surface area contributed by atoms with E-state index in [2.05, 4.69) is 5.32 Å². The first-order valence-electron chi connectivity index (χ1n) is 10.5. The Morgan fingerprint density at radius 3 is 2.43 bits per heavy atom. The molecule has 2 aromatic rings. The van der Waals surface area contributed by atoms with Gasteiger partial charge in [0.2, 0.25) is 5.91 Å². The minimum Gasteiger partial charge on any atom is -0.493 e. The van der Waals surface area contributed by atoms with E-state index >= 15 is 0 Å². The third-order valence-electron chi connectivity index (χ3n) is 6.05. The lowest BCUT2D eigenvalue weighted by atomic mass is 9.94. The highest BCUT2D eigenvalue weighted by Crippen LogP contribution is 2.44. The minimum absolute atomic E-state index is 0.128. The average molecular weight is 408 g/mol. The van der Waals surface area contributed by atoms with Crippen LogP contribution in [0.15, 0.2) is 42.5 Å². The van der Waals surface area contributed by atoms with Gasteiger partial charge in [-0.25, -0.2) is 0 Å². The summed E-state index contributed by atoms with van der Waals surface area (Å²) in [7, 11) is 3.06. The van der Waals surface area contributed by atoms with Crippen LogP contribution in [0.5, 0.6) is 11.5 Å². The first kappa shape index (κ1) is 20.3. The molecule has 1 N–H and O–H groups in total. The number of carbonyl (C=O) groups excluding carboxylic acids is 2. The zero-order chi connectivity index (χ0) is 21.1. The van der Waals surface area contributed by atoms with Gasteiger partial charge >= 0.3 is 0 Å². The van der Waals surface area contributed by atoms with E-state index in [-0.39, 0.29) is 17.9 Å². The quantitative estimate of drug-likeness (QED) is 0.788. The molecule has 6 heteroatoms. The zero-order valence-electron chi connectivity index (χ0n) is 17.5. The van der Waals surface area contributed by atoms with Gasteiger partial charge in [-0.1, -0.05) is 55.7 Å². The molecule has 0 radical (unpaired) electrons. The predicted molar refractivity (Wildman–Crippen MR) is 114 cm³/mol. The van der Waals surface area contributed by atoms with Gasteiger partial charge in [0.1, 0.15) is 6.04 Å². The summed E-state index contributed by atoms with van der Waals surface area (Å²) in [5.41, 5.74) is 2.05. The summed E-state index contributed by atoms with van der Waals surface area (Å²) >= 11 is 0. The van der Waals surface area contributed by atoms with Crippen molar-refractivity contribution >= 4 is 11.8 Å². The molecule has 0 aromatic heterocycles. The van der Waals surface area contributed by atoms with Gasteiger partial charge in [0.15, 0.2) is 11.5 Å². The molecule has 30 heavy (non-hydrogen) atoms. The Morgan fingerprint density at radius 2 is 1.77 bits per heavy atom. The topological polar surface area (TPSA) is 67.9 Å². The SMILES string of the molecule is COc1ccc2c(c1OC)C(=O)N(Cc1ccccc1)C2C(=O)NC1CCCCC1. The molecule has 1 aliphatic heterocycles. The van der Waals surface area contributed by atoms with Crippen molar-refractivity contribution in [3.8, 4) is 11.5 Å². The number of methoxy groups -OCH3 is 2. The van der Waals surface area contributed by atoms with Gasteiger partial charge in [0, 0.05) is 18.2 Å². The van der Waals surface area contributed by atoms with E-state index in [1.807, 2.05) is 36.4 Å². The number of carbonyl (C=O) groups is 2. The molecule has 2 aliphatic rings. The summed E-state index contributed by atoms with van der Waals surface area (Å²) in [6.45, 7) is 0.350. The molecule has 1 heterocycles. The largest absolute Gasteiger partial charge is 0.493 e. The van der Waals surface area contributed by atoms with Gasteiger partial charge in [-0.3, -0.25) is 9.59 Å². The highest BCUT2D eigenvalue weighted by atomic mass is 16.5. The van der Waals surface area contributed by atoms with Crippen LogP contribution in [-0.4, -0.2) is 37.0 Å². The van der Waals surface area contributed by atoms with Crippen LogP contribution < -0.4 is 14.8 Å². The molecule has 1 atom stereocenters. The van der Waals surface area contributed by atoms with E-state index < -0.39 is 6.04 Å². The Bertz CT molecular complexity index is 922. The molecule has 0 saturated heterocycles. The molecule has 2 amide bonds. The molecule has 1 aliphatic carbocycles. The van der Waals surface area contributed by atoms with Crippen LogP contribution in [0.2, 0.25) is 0 Å². The second-order valence-corrected chi connectivity index (χ2v) is 7.93. The summed E-state index contributed by atoms with van der Waals surface area (Å²) in [5.74, 6) is 0.522. The van der Waals surface area contributed by atoms with Gasteiger partial charge < -0.3 is 19.7 Å². The van der Waals surface area contributed by atoms with Gasteiger partial charge in [0.05, 0.1) is 19.8 Å². The van der Waals surface area contributed by atoms with Crippen molar-refractivity contribution in [2.24, 2.45) is 0 Å². The standard InChI is InChI=1S/C24H28N2O4/c1-29-19-14-13-18-20(22(19)30-2)24(28)26(15-16-9-5-3-6-10-16)21(18)23(27)25-17-11-7-4-8-12-17/h3,5-6,9-10,13-14,17,21H,4,7-8,11-12,15H2,1-2H3,(H,25,27). The Balaban J connectivity index is 1.71. The first-order valence-corrected chi connectivity index (χ1v) is 10.5. The fraction of sp³-hybridized carbons (Fsp3) is 0.417. The number of rotatable bonds is 6. The van der Waals surface area contributed by atoms with Crippen LogP contribution in [0.4, 0.5) is 0 Å². The smallest absolute Gasteiger partial charge is 0.259 e. The molecule has 4 rings (SSSR count). The van der Waals surface area contributed by atoms with Crippen LogP contribution in [0.25, 0.3) is 0 Å². The molecule has 158 valence electrons. The summed E-state index contributed by atoms with van der Waals surface area (Å²) < 4.78 is 10.9. The van der Waals surface area contributed by atoms with Crippen LogP contribution in [0, 0.1) is 0 Å². The zero-order valence-corrected chi connectivity index (χ0v) is 17.5. The Labute approximate surface area is 177 Å². The Hall–Kier alpha value is -3.02. The maximum absolute atomic E-state index is 13.5. The number of nitrogens with zero attached hydrogens (tertiary/aromatic N) is 1. The first-order chi connectivity index (χ1) is 14.6. The maximum Gasteiger partial charge on any atom is 0.259 e. The second-order valence-electron chi connectivity index (χ2n) is 7.93. The molecule has 1 unspecified atom stereocenters. The van der Waals surface area contributed by atoms with E-state index in [9.17, 15) is 9.59 Å². The van der Waals surface area contributed by atoms with Crippen LogP contribution >= 0.6 is 0 Å². The lowest BCUT2D eigenvalue weighted by Gasteiger charge is -2.28. The molecule has 2 aromatic carbocycles. The van der Waals surface area contributed by atoms with Gasteiger partial charge in [0.25, 0.3) is 5.91 Å². The van der Waals surface area contributed by atoms with E-state index in [4.69, 9.17) is 9.47 Å². The highest BCUT2D eigenvalue weighted by Gasteiger charge is 2.44. The van der Waals surface area contributed by atoms with E-state index in [0.717, 1.165) is 31.2 Å². The molecule has 1 saturated carbocycles. The highest BCUT2D eigenvalue weighted by molar-refractivity contribution is 6.07. The average Bonchev–Trinajstić information content (AvgIpc) is 3.06. The number of ether oxygens (including phenoxy) is 2. The van der Waals surface area contributed by atoms with Crippen molar-refractivity contribution in [1.82, 2.24) is 10.2 Å². The molecule has 6 nitrogen and oxygen atoms in total. The van der Waals surface area contributed by atoms with Crippen molar-refractivity contribution in [2.45, 2.75) is 50.7 Å². The molecule has 0 bridgehead atoms. The number of nitrogens with one attached hydrogen (secondary N) is 1. The monoisotopic (exact) mass is 408 g/mol. The number of amides is 2. The lowest BCUT2D eigenvalue weighted by Crippen LogP contribution is -2.43. The van der Waals surface area contributed by atoms with Crippen molar-refractivity contribution in [3.05, 3.63) is 59.2 Å². The summed E-state index contributed by atoms with van der Waals surface area (Å²) in [6.07, 6.45) is 5.45. The number of fused-ring (bicyclic) bond motifs is 1.